The molecule has 0 unspecified atom stereocenters. The van der Waals surface area contributed by atoms with Gasteiger partial charge in [0.15, 0.2) is 0 Å². The summed E-state index contributed by atoms with van der Waals surface area (Å²) in [5.74, 6) is 0. The Kier molecular flexibility index (Phi) is 9.01. The van der Waals surface area contributed by atoms with Crippen LogP contribution in [-0.4, -0.2) is 0 Å². The van der Waals surface area contributed by atoms with E-state index in [4.69, 9.17) is 4.42 Å². The van der Waals surface area contributed by atoms with Crippen LogP contribution < -0.4 is 4.90 Å². The van der Waals surface area contributed by atoms with Gasteiger partial charge in [-0.15, -0.1) is 0 Å². The average Bonchev–Trinajstić information content (AvgIpc) is 3.65. The molecule has 9 aromatic carbocycles. The Morgan fingerprint density at radius 3 is 1.03 bits per heavy atom. The fourth-order valence-electron chi connectivity index (χ4n) is 8.32. The third-order valence-corrected chi connectivity index (χ3v) is 11.4. The summed E-state index contributed by atoms with van der Waals surface area (Å²) in [7, 11) is 0. The summed E-state index contributed by atoms with van der Waals surface area (Å²) in [5, 5.41) is 2.26. The van der Waals surface area contributed by atoms with E-state index in [1.165, 1.54) is 50.1 Å². The van der Waals surface area contributed by atoms with E-state index in [0.29, 0.717) is 0 Å². The molecule has 0 spiro atoms. The molecule has 2 heteroatoms. The van der Waals surface area contributed by atoms with Crippen LogP contribution >= 0.6 is 0 Å². The van der Waals surface area contributed by atoms with Gasteiger partial charge in [-0.1, -0.05) is 152 Å². The summed E-state index contributed by atoms with van der Waals surface area (Å²) in [6.45, 7) is 4.43. The highest BCUT2D eigenvalue weighted by Gasteiger charge is 2.15. The maximum atomic E-state index is 6.44. The molecule has 0 saturated heterocycles. The zero-order chi connectivity index (χ0) is 39.0. The molecular formula is C56H41NO. The number of hydrogen-bond donors (Lipinski definition) is 0. The first-order valence-corrected chi connectivity index (χ1v) is 19.9. The zero-order valence-corrected chi connectivity index (χ0v) is 32.6. The number of furan rings is 1. The van der Waals surface area contributed by atoms with Crippen molar-refractivity contribution in [3.63, 3.8) is 0 Å². The summed E-state index contributed by atoms with van der Waals surface area (Å²) in [5.41, 5.74) is 19.7. The molecule has 0 bridgehead atoms. The van der Waals surface area contributed by atoms with Gasteiger partial charge < -0.3 is 9.32 Å². The van der Waals surface area contributed by atoms with Crippen molar-refractivity contribution in [1.29, 1.82) is 0 Å². The van der Waals surface area contributed by atoms with Gasteiger partial charge in [0.05, 0.1) is 0 Å². The van der Waals surface area contributed by atoms with Crippen molar-refractivity contribution in [2.24, 2.45) is 0 Å². The van der Waals surface area contributed by atoms with Crippen LogP contribution in [0.25, 0.3) is 77.6 Å². The van der Waals surface area contributed by atoms with Gasteiger partial charge in [-0.05, 0) is 141 Å². The number of nitrogens with zero attached hydrogens (tertiary/aromatic N) is 1. The van der Waals surface area contributed by atoms with Crippen molar-refractivity contribution >= 4 is 39.0 Å². The normalized spacial score (nSPS) is 11.3. The molecule has 276 valence electrons. The number of para-hydroxylation sites is 1. The van der Waals surface area contributed by atoms with E-state index in [2.05, 4.69) is 225 Å². The van der Waals surface area contributed by atoms with Gasteiger partial charge in [-0.2, -0.15) is 0 Å². The topological polar surface area (TPSA) is 16.4 Å². The zero-order valence-electron chi connectivity index (χ0n) is 32.6. The number of aryl methyl sites for hydroxylation is 2. The predicted octanol–water partition coefficient (Wildman–Crippen LogP) is 16.0. The second-order valence-electron chi connectivity index (χ2n) is 15.1. The van der Waals surface area contributed by atoms with Gasteiger partial charge in [0, 0.05) is 27.8 Å². The largest absolute Gasteiger partial charge is 0.456 e. The fraction of sp³-hybridized carbons (Fsp3) is 0.0357. The van der Waals surface area contributed by atoms with Crippen molar-refractivity contribution in [3.05, 3.63) is 223 Å². The molecule has 1 aromatic heterocycles. The van der Waals surface area contributed by atoms with Crippen molar-refractivity contribution in [2.45, 2.75) is 13.8 Å². The minimum atomic E-state index is 0.894. The lowest BCUT2D eigenvalue weighted by molar-refractivity contribution is 0.669. The molecule has 0 fully saturated rings. The van der Waals surface area contributed by atoms with E-state index >= 15 is 0 Å². The molecule has 0 amide bonds. The van der Waals surface area contributed by atoms with Crippen LogP contribution in [-0.2, 0) is 0 Å². The maximum absolute atomic E-state index is 6.44. The Hall–Kier alpha value is -7.42. The first-order chi connectivity index (χ1) is 28.6. The van der Waals surface area contributed by atoms with Crippen molar-refractivity contribution < 1.29 is 4.42 Å². The van der Waals surface area contributed by atoms with E-state index in [1.54, 1.807) is 0 Å². The minimum Gasteiger partial charge on any atom is -0.456 e. The van der Waals surface area contributed by atoms with Crippen LogP contribution in [0.15, 0.2) is 217 Å². The lowest BCUT2D eigenvalue weighted by Gasteiger charge is -2.26. The first kappa shape index (κ1) is 35.0. The van der Waals surface area contributed by atoms with E-state index in [9.17, 15) is 0 Å². The molecule has 10 aromatic rings. The molecule has 0 atom stereocenters. The van der Waals surface area contributed by atoms with Crippen LogP contribution in [0, 0.1) is 13.8 Å². The van der Waals surface area contributed by atoms with Crippen LogP contribution in [0.3, 0.4) is 0 Å². The predicted molar refractivity (Wildman–Crippen MR) is 245 cm³/mol. The molecule has 10 rings (SSSR count). The molecular weight excluding hydrogens is 703 g/mol. The van der Waals surface area contributed by atoms with E-state index in [0.717, 1.165) is 55.7 Å². The Labute approximate surface area is 339 Å². The highest BCUT2D eigenvalue weighted by molar-refractivity contribution is 6.07. The summed E-state index contributed by atoms with van der Waals surface area (Å²) >= 11 is 0. The van der Waals surface area contributed by atoms with E-state index in [-0.39, 0.29) is 0 Å². The molecule has 0 aliphatic heterocycles. The Morgan fingerprint density at radius 2 is 0.621 bits per heavy atom. The van der Waals surface area contributed by atoms with Gasteiger partial charge in [-0.3, -0.25) is 0 Å². The SMILES string of the molecule is Cc1cc(-c2ccccc2)ccc1-c1ccc(-c2ccc(N(c3ccccc3)c3ccc(-c4ccc5c(c4)oc4cc(-c6ccccc6)ccc45)cc3)cc2)cc1C. The number of rotatable bonds is 8. The van der Waals surface area contributed by atoms with Crippen molar-refractivity contribution in [1.82, 2.24) is 0 Å². The Morgan fingerprint density at radius 1 is 0.293 bits per heavy atom. The third kappa shape index (κ3) is 6.65. The standard InChI is InChI=1S/C56H41NO/c1-38-34-44(40-12-6-3-7-13-40)22-30-51(38)52-31-23-45(35-39(52)2)42-18-26-49(27-19-42)57(48-16-10-5-11-17-48)50-28-20-43(21-29-50)47-25-33-54-53-32-24-46(41-14-8-4-9-15-41)36-55(53)58-56(54)37-47/h3-37H,1-2H3. The number of anilines is 3. The van der Waals surface area contributed by atoms with Crippen LogP contribution in [0.2, 0.25) is 0 Å². The average molecular weight is 744 g/mol. The number of hydrogen-bond acceptors (Lipinski definition) is 2. The molecule has 0 N–H and O–H groups in total. The minimum absolute atomic E-state index is 0.894. The van der Waals surface area contributed by atoms with E-state index < -0.39 is 0 Å². The van der Waals surface area contributed by atoms with Crippen LogP contribution in [0.4, 0.5) is 17.1 Å². The quantitative estimate of drug-likeness (QED) is 0.154. The Balaban J connectivity index is 0.917. The monoisotopic (exact) mass is 743 g/mol. The molecule has 58 heavy (non-hydrogen) atoms. The highest BCUT2D eigenvalue weighted by Crippen LogP contribution is 2.39. The van der Waals surface area contributed by atoms with Gasteiger partial charge >= 0.3 is 0 Å². The highest BCUT2D eigenvalue weighted by atomic mass is 16.3. The van der Waals surface area contributed by atoms with Gasteiger partial charge in [0.25, 0.3) is 0 Å². The summed E-state index contributed by atoms with van der Waals surface area (Å²) in [4.78, 5) is 2.32. The summed E-state index contributed by atoms with van der Waals surface area (Å²) in [6, 6.07) is 76.1. The van der Waals surface area contributed by atoms with Crippen molar-refractivity contribution in [3.8, 4) is 55.6 Å². The fourth-order valence-corrected chi connectivity index (χ4v) is 8.32. The molecule has 0 aliphatic rings. The summed E-state index contributed by atoms with van der Waals surface area (Å²) < 4.78 is 6.44. The van der Waals surface area contributed by atoms with Crippen LogP contribution in [0.5, 0.6) is 0 Å². The molecule has 2 nitrogen and oxygen atoms in total. The Bertz CT molecular complexity index is 3040. The van der Waals surface area contributed by atoms with Crippen LogP contribution in [0.1, 0.15) is 11.1 Å². The summed E-state index contributed by atoms with van der Waals surface area (Å²) in [6.07, 6.45) is 0. The second-order valence-corrected chi connectivity index (χ2v) is 15.1. The third-order valence-electron chi connectivity index (χ3n) is 11.4. The molecule has 1 heterocycles. The lowest BCUT2D eigenvalue weighted by Crippen LogP contribution is -2.09. The second kappa shape index (κ2) is 14.9. The number of benzene rings is 9. The van der Waals surface area contributed by atoms with Gasteiger partial charge in [0.1, 0.15) is 11.2 Å². The van der Waals surface area contributed by atoms with Gasteiger partial charge in [0.2, 0.25) is 0 Å². The first-order valence-electron chi connectivity index (χ1n) is 19.9. The maximum Gasteiger partial charge on any atom is 0.136 e. The smallest absolute Gasteiger partial charge is 0.136 e. The number of fused-ring (bicyclic) bond motifs is 3. The van der Waals surface area contributed by atoms with E-state index in [1.807, 2.05) is 6.07 Å². The molecule has 0 aliphatic carbocycles. The molecule has 0 saturated carbocycles. The lowest BCUT2D eigenvalue weighted by atomic mass is 9.91. The van der Waals surface area contributed by atoms with Crippen molar-refractivity contribution in [2.75, 3.05) is 4.90 Å². The molecule has 0 radical (unpaired) electrons. The van der Waals surface area contributed by atoms with Gasteiger partial charge in [-0.25, -0.2) is 0 Å².